The van der Waals surface area contributed by atoms with E-state index < -0.39 is 17.6 Å². The van der Waals surface area contributed by atoms with Gasteiger partial charge in [0.2, 0.25) is 16.9 Å². The molecule has 7 nitrogen and oxygen atoms in total. The predicted molar refractivity (Wildman–Crippen MR) is 109 cm³/mol. The van der Waals surface area contributed by atoms with Crippen molar-refractivity contribution in [2.45, 2.75) is 11.3 Å². The Hall–Kier alpha value is -3.18. The lowest BCUT2D eigenvalue weighted by atomic mass is 10.2. The molecule has 0 bridgehead atoms. The van der Waals surface area contributed by atoms with Gasteiger partial charge in [-0.1, -0.05) is 23.4 Å². The number of anilines is 1. The molecule has 0 saturated carbocycles. The summed E-state index contributed by atoms with van der Waals surface area (Å²) in [5.41, 5.74) is -1.03. The van der Waals surface area contributed by atoms with Crippen molar-refractivity contribution in [2.24, 2.45) is 0 Å². The summed E-state index contributed by atoms with van der Waals surface area (Å²) in [4.78, 5) is 12.4. The van der Waals surface area contributed by atoms with Gasteiger partial charge < -0.3 is 9.73 Å². The molecule has 0 atom stereocenters. The van der Waals surface area contributed by atoms with Gasteiger partial charge in [-0.2, -0.15) is 13.2 Å². The van der Waals surface area contributed by atoms with Gasteiger partial charge in [0.15, 0.2) is 5.76 Å². The zero-order chi connectivity index (χ0) is 22.0. The van der Waals surface area contributed by atoms with E-state index in [1.54, 1.807) is 33.9 Å². The van der Waals surface area contributed by atoms with Gasteiger partial charge in [-0.05, 0) is 42.5 Å². The molecule has 3 aromatic heterocycles. The SMILES string of the molecule is O=C(CSc1nnc(-c2ccco2)n1-n1cccc1)Nc1cc(C(F)(F)F)ccc1Cl. The van der Waals surface area contributed by atoms with E-state index in [0.717, 1.165) is 30.0 Å². The Bertz CT molecular complexity index is 1190. The number of nitrogens with zero attached hydrogens (tertiary/aromatic N) is 4. The number of hydrogen-bond donors (Lipinski definition) is 1. The molecular formula is C19H13ClF3N5O2S. The number of hydrogen-bond acceptors (Lipinski definition) is 5. The first kappa shape index (κ1) is 21.1. The lowest BCUT2D eigenvalue weighted by Crippen LogP contribution is -2.16. The van der Waals surface area contributed by atoms with E-state index in [1.807, 2.05) is 12.1 Å². The molecule has 4 aromatic rings. The Morgan fingerprint density at radius 1 is 1.16 bits per heavy atom. The van der Waals surface area contributed by atoms with Crippen LogP contribution in [0.1, 0.15) is 5.56 Å². The van der Waals surface area contributed by atoms with Crippen molar-refractivity contribution in [3.63, 3.8) is 0 Å². The second-order valence-corrected chi connectivity index (χ2v) is 7.54. The fraction of sp³-hybridized carbons (Fsp3) is 0.105. The van der Waals surface area contributed by atoms with E-state index in [2.05, 4.69) is 15.5 Å². The molecule has 0 fully saturated rings. The van der Waals surface area contributed by atoms with Crippen LogP contribution in [0.2, 0.25) is 5.02 Å². The zero-order valence-corrected chi connectivity index (χ0v) is 17.1. The Labute approximate surface area is 182 Å². The van der Waals surface area contributed by atoms with E-state index in [4.69, 9.17) is 16.0 Å². The summed E-state index contributed by atoms with van der Waals surface area (Å²) in [5, 5.41) is 11.0. The Morgan fingerprint density at radius 3 is 2.61 bits per heavy atom. The van der Waals surface area contributed by atoms with Crippen molar-refractivity contribution in [3.05, 3.63) is 71.7 Å². The van der Waals surface area contributed by atoms with Crippen LogP contribution >= 0.6 is 23.4 Å². The minimum Gasteiger partial charge on any atom is -0.461 e. The summed E-state index contributed by atoms with van der Waals surface area (Å²) >= 11 is 6.99. The maximum Gasteiger partial charge on any atom is 0.416 e. The lowest BCUT2D eigenvalue weighted by Gasteiger charge is -2.12. The topological polar surface area (TPSA) is 77.9 Å². The first-order chi connectivity index (χ1) is 14.8. The average Bonchev–Trinajstić information content (AvgIpc) is 3.47. The highest BCUT2D eigenvalue weighted by Crippen LogP contribution is 2.34. The van der Waals surface area contributed by atoms with Gasteiger partial charge in [0.1, 0.15) is 0 Å². The molecule has 31 heavy (non-hydrogen) atoms. The quantitative estimate of drug-likeness (QED) is 0.401. The van der Waals surface area contributed by atoms with E-state index in [1.165, 1.54) is 6.26 Å². The number of nitrogens with one attached hydrogen (secondary N) is 1. The Kier molecular flexibility index (Phi) is 5.79. The van der Waals surface area contributed by atoms with Crippen LogP contribution in [0.15, 0.2) is 70.7 Å². The number of furan rings is 1. The molecule has 0 saturated heterocycles. The summed E-state index contributed by atoms with van der Waals surface area (Å²) in [6.07, 6.45) is 0.488. The second kappa shape index (κ2) is 8.52. The number of amides is 1. The van der Waals surface area contributed by atoms with Crippen LogP contribution in [0.5, 0.6) is 0 Å². The standard InChI is InChI=1S/C19H13ClF3N5O2S/c20-13-6-5-12(19(21,22)23)10-14(13)24-16(29)11-31-18-26-25-17(15-4-3-9-30-15)28(18)27-7-1-2-8-27/h1-10H,11H2,(H,24,29). The molecule has 4 rings (SSSR count). The summed E-state index contributed by atoms with van der Waals surface area (Å²) < 4.78 is 47.5. The van der Waals surface area contributed by atoms with E-state index in [0.29, 0.717) is 16.7 Å². The van der Waals surface area contributed by atoms with Crippen molar-refractivity contribution in [2.75, 3.05) is 11.1 Å². The van der Waals surface area contributed by atoms with Crippen LogP contribution in [-0.4, -0.2) is 31.2 Å². The van der Waals surface area contributed by atoms with E-state index in [9.17, 15) is 18.0 Å². The minimum absolute atomic E-state index is 0.00182. The van der Waals surface area contributed by atoms with Crippen molar-refractivity contribution in [3.8, 4) is 11.6 Å². The van der Waals surface area contributed by atoms with Crippen molar-refractivity contribution >= 4 is 35.0 Å². The van der Waals surface area contributed by atoms with Crippen molar-refractivity contribution < 1.29 is 22.4 Å². The van der Waals surface area contributed by atoms with Crippen LogP contribution in [0.4, 0.5) is 18.9 Å². The maximum atomic E-state index is 12.9. The first-order valence-corrected chi connectivity index (χ1v) is 10.1. The normalized spacial score (nSPS) is 11.6. The van der Waals surface area contributed by atoms with Gasteiger partial charge in [0, 0.05) is 12.4 Å². The third kappa shape index (κ3) is 4.62. The Balaban J connectivity index is 1.52. The van der Waals surface area contributed by atoms with Gasteiger partial charge in [-0.15, -0.1) is 10.2 Å². The fourth-order valence-corrected chi connectivity index (χ4v) is 3.59. The maximum absolute atomic E-state index is 12.9. The van der Waals surface area contributed by atoms with Gasteiger partial charge >= 0.3 is 6.18 Å². The summed E-state index contributed by atoms with van der Waals surface area (Å²) in [6, 6.07) is 9.78. The monoisotopic (exact) mass is 467 g/mol. The number of carbonyl (C=O) groups is 1. The lowest BCUT2D eigenvalue weighted by molar-refractivity contribution is -0.137. The van der Waals surface area contributed by atoms with Crippen LogP contribution in [0.3, 0.4) is 0 Å². The van der Waals surface area contributed by atoms with Crippen LogP contribution in [0, 0.1) is 0 Å². The molecule has 1 amide bonds. The van der Waals surface area contributed by atoms with Gasteiger partial charge in [-0.25, -0.2) is 4.68 Å². The summed E-state index contributed by atoms with van der Waals surface area (Å²) in [6.45, 7) is 0. The fourth-order valence-electron chi connectivity index (χ4n) is 2.70. The first-order valence-electron chi connectivity index (χ1n) is 8.75. The number of thioether (sulfide) groups is 1. The molecule has 3 heterocycles. The zero-order valence-electron chi connectivity index (χ0n) is 15.5. The molecule has 1 aromatic carbocycles. The van der Waals surface area contributed by atoms with Gasteiger partial charge in [0.05, 0.1) is 28.3 Å². The third-order valence-electron chi connectivity index (χ3n) is 4.07. The van der Waals surface area contributed by atoms with Gasteiger partial charge in [-0.3, -0.25) is 9.47 Å². The molecule has 0 aliphatic heterocycles. The number of benzene rings is 1. The molecule has 0 unspecified atom stereocenters. The smallest absolute Gasteiger partial charge is 0.416 e. The number of halogens is 4. The average molecular weight is 468 g/mol. The van der Waals surface area contributed by atoms with E-state index >= 15 is 0 Å². The number of alkyl halides is 3. The number of carbonyl (C=O) groups excluding carboxylic acids is 1. The van der Waals surface area contributed by atoms with Crippen LogP contribution in [-0.2, 0) is 11.0 Å². The highest BCUT2D eigenvalue weighted by molar-refractivity contribution is 7.99. The molecule has 0 radical (unpaired) electrons. The molecule has 0 aliphatic rings. The molecule has 0 aliphatic carbocycles. The molecule has 160 valence electrons. The Morgan fingerprint density at radius 2 is 1.94 bits per heavy atom. The summed E-state index contributed by atoms with van der Waals surface area (Å²) in [5.74, 6) is 0.218. The summed E-state index contributed by atoms with van der Waals surface area (Å²) in [7, 11) is 0. The molecular weight excluding hydrogens is 455 g/mol. The molecule has 12 heteroatoms. The highest BCUT2D eigenvalue weighted by atomic mass is 35.5. The van der Waals surface area contributed by atoms with Crippen LogP contribution < -0.4 is 5.32 Å². The van der Waals surface area contributed by atoms with Crippen molar-refractivity contribution in [1.29, 1.82) is 0 Å². The molecule has 0 spiro atoms. The van der Waals surface area contributed by atoms with Gasteiger partial charge in [0.25, 0.3) is 0 Å². The highest BCUT2D eigenvalue weighted by Gasteiger charge is 2.31. The van der Waals surface area contributed by atoms with Crippen LogP contribution in [0.25, 0.3) is 11.6 Å². The molecule has 1 N–H and O–H groups in total. The number of rotatable bonds is 6. The predicted octanol–water partition coefficient (Wildman–Crippen LogP) is 5.05. The second-order valence-electron chi connectivity index (χ2n) is 6.19. The van der Waals surface area contributed by atoms with Crippen molar-refractivity contribution in [1.82, 2.24) is 19.5 Å². The third-order valence-corrected chi connectivity index (χ3v) is 5.32. The largest absolute Gasteiger partial charge is 0.461 e. The number of aromatic nitrogens is 4. The van der Waals surface area contributed by atoms with E-state index in [-0.39, 0.29) is 16.5 Å². The minimum atomic E-state index is -4.55.